The Morgan fingerprint density at radius 2 is 2.27 bits per heavy atom. The first-order valence-electron chi connectivity index (χ1n) is 3.74. The lowest BCUT2D eigenvalue weighted by molar-refractivity contribution is -0.131. The monoisotopic (exact) mass is 158 g/mol. The molecule has 0 radical (unpaired) electrons. The molecule has 3 nitrogen and oxygen atoms in total. The molecule has 0 saturated carbocycles. The van der Waals surface area contributed by atoms with Gasteiger partial charge in [0.15, 0.2) is 0 Å². The van der Waals surface area contributed by atoms with Gasteiger partial charge in [-0.2, -0.15) is 0 Å². The first-order chi connectivity index (χ1) is 5.16. The van der Waals surface area contributed by atoms with Gasteiger partial charge in [-0.05, 0) is 12.8 Å². The molecule has 1 atom stereocenters. The van der Waals surface area contributed by atoms with E-state index in [1.54, 1.807) is 0 Å². The van der Waals surface area contributed by atoms with E-state index >= 15 is 0 Å². The maximum atomic E-state index is 9.97. The van der Waals surface area contributed by atoms with Gasteiger partial charge in [-0.1, -0.05) is 19.4 Å². The van der Waals surface area contributed by atoms with Crippen LogP contribution < -0.4 is 0 Å². The van der Waals surface area contributed by atoms with Crippen LogP contribution in [-0.4, -0.2) is 22.3 Å². The number of carboxylic acids is 1. The van der Waals surface area contributed by atoms with Gasteiger partial charge in [0.05, 0.1) is 6.10 Å². The molecule has 2 N–H and O–H groups in total. The van der Waals surface area contributed by atoms with Gasteiger partial charge >= 0.3 is 5.97 Å². The average Bonchev–Trinajstić information content (AvgIpc) is 1.87. The molecule has 0 fully saturated rings. The summed E-state index contributed by atoms with van der Waals surface area (Å²) in [5, 5.41) is 17.3. The summed E-state index contributed by atoms with van der Waals surface area (Å²) in [4.78, 5) is 9.97. The van der Waals surface area contributed by atoms with Crippen LogP contribution in [0.25, 0.3) is 0 Å². The van der Waals surface area contributed by atoms with E-state index in [2.05, 4.69) is 0 Å². The zero-order valence-corrected chi connectivity index (χ0v) is 6.66. The molecule has 0 saturated heterocycles. The Kier molecular flexibility index (Phi) is 5.47. The van der Waals surface area contributed by atoms with Crippen molar-refractivity contribution < 1.29 is 15.0 Å². The van der Waals surface area contributed by atoms with Gasteiger partial charge in [-0.15, -0.1) is 0 Å². The van der Waals surface area contributed by atoms with Crippen molar-refractivity contribution in [2.75, 3.05) is 0 Å². The van der Waals surface area contributed by atoms with E-state index < -0.39 is 12.1 Å². The minimum Gasteiger partial charge on any atom is -0.478 e. The first-order valence-corrected chi connectivity index (χ1v) is 3.74. The second kappa shape index (κ2) is 5.92. The number of carbonyl (C=O) groups is 1. The maximum Gasteiger partial charge on any atom is 0.327 e. The number of aliphatic hydroxyl groups is 1. The van der Waals surface area contributed by atoms with Crippen LogP contribution in [0.5, 0.6) is 0 Å². The Labute approximate surface area is 66.4 Å². The molecule has 0 aromatic rings. The highest BCUT2D eigenvalue weighted by atomic mass is 16.4. The Bertz CT molecular complexity index is 140. The third-order valence-corrected chi connectivity index (χ3v) is 1.29. The Hall–Kier alpha value is -0.830. The summed E-state index contributed by atoms with van der Waals surface area (Å²) in [6.07, 6.45) is 4.21. The van der Waals surface area contributed by atoms with Crippen LogP contribution in [0, 0.1) is 0 Å². The van der Waals surface area contributed by atoms with Crippen LogP contribution in [-0.2, 0) is 4.79 Å². The van der Waals surface area contributed by atoms with E-state index in [1.165, 1.54) is 6.08 Å². The van der Waals surface area contributed by atoms with Gasteiger partial charge in [-0.3, -0.25) is 0 Å². The van der Waals surface area contributed by atoms with E-state index in [9.17, 15) is 4.79 Å². The Morgan fingerprint density at radius 1 is 1.64 bits per heavy atom. The van der Waals surface area contributed by atoms with Crippen molar-refractivity contribution in [2.24, 2.45) is 0 Å². The highest BCUT2D eigenvalue weighted by Gasteiger charge is 1.98. The molecule has 0 aliphatic heterocycles. The predicted molar refractivity (Wildman–Crippen MR) is 42.3 cm³/mol. The largest absolute Gasteiger partial charge is 0.478 e. The van der Waals surface area contributed by atoms with E-state index in [0.717, 1.165) is 18.9 Å². The molecular formula is C8H14O3. The smallest absolute Gasteiger partial charge is 0.327 e. The number of aliphatic carboxylic acids is 1. The van der Waals surface area contributed by atoms with Crippen molar-refractivity contribution in [3.8, 4) is 0 Å². The van der Waals surface area contributed by atoms with Crippen LogP contribution in [0.2, 0.25) is 0 Å². The highest BCUT2D eigenvalue weighted by Crippen LogP contribution is 2.01. The molecule has 0 bridgehead atoms. The number of carboxylic acid groups (broad SMARTS) is 1. The summed E-state index contributed by atoms with van der Waals surface area (Å²) in [5.41, 5.74) is 0. The van der Waals surface area contributed by atoms with E-state index in [-0.39, 0.29) is 0 Å². The quantitative estimate of drug-likeness (QED) is 0.590. The summed E-state index contributed by atoms with van der Waals surface area (Å²) in [5.74, 6) is -0.964. The van der Waals surface area contributed by atoms with E-state index in [0.29, 0.717) is 6.42 Å². The summed E-state index contributed by atoms with van der Waals surface area (Å²) < 4.78 is 0. The topological polar surface area (TPSA) is 57.5 Å². The van der Waals surface area contributed by atoms with Gasteiger partial charge in [0, 0.05) is 6.08 Å². The SMILES string of the molecule is CCCC(O)CC=CC(=O)O. The first kappa shape index (κ1) is 10.2. The van der Waals surface area contributed by atoms with Crippen LogP contribution in [0.15, 0.2) is 12.2 Å². The van der Waals surface area contributed by atoms with Crippen molar-refractivity contribution in [2.45, 2.75) is 32.3 Å². The molecule has 0 aromatic heterocycles. The molecule has 0 rings (SSSR count). The molecule has 11 heavy (non-hydrogen) atoms. The lowest BCUT2D eigenvalue weighted by Gasteiger charge is -2.03. The normalized spacial score (nSPS) is 13.6. The van der Waals surface area contributed by atoms with Crippen molar-refractivity contribution in [3.63, 3.8) is 0 Å². The van der Waals surface area contributed by atoms with Crippen molar-refractivity contribution in [3.05, 3.63) is 12.2 Å². The fourth-order valence-corrected chi connectivity index (χ4v) is 0.777. The summed E-state index contributed by atoms with van der Waals surface area (Å²) in [6, 6.07) is 0. The van der Waals surface area contributed by atoms with Crippen LogP contribution in [0.1, 0.15) is 26.2 Å². The summed E-state index contributed by atoms with van der Waals surface area (Å²) in [6.45, 7) is 1.98. The van der Waals surface area contributed by atoms with Gasteiger partial charge in [0.1, 0.15) is 0 Å². The van der Waals surface area contributed by atoms with Gasteiger partial charge in [-0.25, -0.2) is 4.79 Å². The molecule has 0 aliphatic rings. The molecule has 0 aromatic carbocycles. The molecular weight excluding hydrogens is 144 g/mol. The summed E-state index contributed by atoms with van der Waals surface area (Å²) >= 11 is 0. The van der Waals surface area contributed by atoms with Crippen LogP contribution in [0.3, 0.4) is 0 Å². The third kappa shape index (κ3) is 7.06. The van der Waals surface area contributed by atoms with Gasteiger partial charge in [0.25, 0.3) is 0 Å². The summed E-state index contributed by atoms with van der Waals surface area (Å²) in [7, 11) is 0. The number of aliphatic hydroxyl groups excluding tert-OH is 1. The molecule has 0 aliphatic carbocycles. The van der Waals surface area contributed by atoms with Crippen molar-refractivity contribution >= 4 is 5.97 Å². The third-order valence-electron chi connectivity index (χ3n) is 1.29. The van der Waals surface area contributed by atoms with Crippen LogP contribution >= 0.6 is 0 Å². The molecule has 64 valence electrons. The lowest BCUT2D eigenvalue weighted by atomic mass is 10.1. The second-order valence-corrected chi connectivity index (χ2v) is 2.42. The highest BCUT2D eigenvalue weighted by molar-refractivity contribution is 5.79. The number of hydrogen-bond acceptors (Lipinski definition) is 2. The minimum absolute atomic E-state index is 0.393. The lowest BCUT2D eigenvalue weighted by Crippen LogP contribution is -2.03. The van der Waals surface area contributed by atoms with Crippen molar-refractivity contribution in [1.82, 2.24) is 0 Å². The fraction of sp³-hybridized carbons (Fsp3) is 0.625. The molecule has 1 unspecified atom stereocenters. The Morgan fingerprint density at radius 3 is 2.73 bits per heavy atom. The van der Waals surface area contributed by atoms with Crippen molar-refractivity contribution in [1.29, 1.82) is 0 Å². The van der Waals surface area contributed by atoms with E-state index in [4.69, 9.17) is 10.2 Å². The van der Waals surface area contributed by atoms with Crippen LogP contribution in [0.4, 0.5) is 0 Å². The van der Waals surface area contributed by atoms with E-state index in [1.807, 2.05) is 6.92 Å². The molecule has 0 spiro atoms. The second-order valence-electron chi connectivity index (χ2n) is 2.42. The Balaban J connectivity index is 3.44. The zero-order chi connectivity index (χ0) is 8.69. The maximum absolute atomic E-state index is 9.97. The minimum atomic E-state index is -0.964. The fourth-order valence-electron chi connectivity index (χ4n) is 0.777. The predicted octanol–water partition coefficient (Wildman–Crippen LogP) is 1.18. The molecule has 0 amide bonds. The standard InChI is InChI=1S/C8H14O3/c1-2-4-7(9)5-3-6-8(10)11/h3,6-7,9H,2,4-5H2,1H3,(H,10,11). The van der Waals surface area contributed by atoms with Gasteiger partial charge in [0.2, 0.25) is 0 Å². The molecule has 3 heteroatoms. The zero-order valence-electron chi connectivity index (χ0n) is 6.66. The number of hydrogen-bond donors (Lipinski definition) is 2. The number of rotatable bonds is 5. The van der Waals surface area contributed by atoms with Gasteiger partial charge < -0.3 is 10.2 Å². The molecule has 0 heterocycles. The average molecular weight is 158 g/mol.